The van der Waals surface area contributed by atoms with Crippen molar-refractivity contribution in [2.24, 2.45) is 5.92 Å². The molecule has 3 aromatic rings. The average Bonchev–Trinajstić information content (AvgIpc) is 2.83. The van der Waals surface area contributed by atoms with Gasteiger partial charge in [-0.3, -0.25) is 14.7 Å². The van der Waals surface area contributed by atoms with Crippen molar-refractivity contribution >= 4 is 16.9 Å². The van der Waals surface area contributed by atoms with E-state index in [0.717, 1.165) is 22.0 Å². The highest BCUT2D eigenvalue weighted by molar-refractivity contribution is 5.79. The summed E-state index contributed by atoms with van der Waals surface area (Å²) in [6, 6.07) is 14.0. The van der Waals surface area contributed by atoms with Crippen LogP contribution in [0.1, 0.15) is 30.0 Å². The van der Waals surface area contributed by atoms with Gasteiger partial charge < -0.3 is 19.3 Å². The largest absolute Gasteiger partial charge is 0.493 e. The van der Waals surface area contributed by atoms with Crippen molar-refractivity contribution in [2.45, 2.75) is 18.9 Å². The lowest BCUT2D eigenvalue weighted by Crippen LogP contribution is -2.39. The van der Waals surface area contributed by atoms with E-state index in [4.69, 9.17) is 14.2 Å². The third-order valence-electron chi connectivity index (χ3n) is 6.17. The first kappa shape index (κ1) is 21.9. The summed E-state index contributed by atoms with van der Waals surface area (Å²) in [5.74, 6) is 0.684. The Morgan fingerprint density at radius 1 is 1.00 bits per heavy atom. The number of ether oxygens (including phenoxy) is 3. The Kier molecular flexibility index (Phi) is 6.46. The van der Waals surface area contributed by atoms with Crippen LogP contribution < -0.4 is 14.2 Å². The van der Waals surface area contributed by atoms with Crippen LogP contribution in [0.5, 0.6) is 17.2 Å². The lowest BCUT2D eigenvalue weighted by molar-refractivity contribution is -0.143. The van der Waals surface area contributed by atoms with Crippen molar-refractivity contribution in [3.8, 4) is 17.2 Å². The van der Waals surface area contributed by atoms with E-state index < -0.39 is 5.97 Å². The van der Waals surface area contributed by atoms with E-state index in [-0.39, 0.29) is 12.0 Å². The topological polar surface area (TPSA) is 81.1 Å². The molecule has 168 valence electrons. The summed E-state index contributed by atoms with van der Waals surface area (Å²) in [6.45, 7) is 1.34. The van der Waals surface area contributed by atoms with Crippen molar-refractivity contribution in [1.82, 2.24) is 9.88 Å². The van der Waals surface area contributed by atoms with Crippen LogP contribution in [-0.4, -0.2) is 55.4 Å². The zero-order chi connectivity index (χ0) is 22.7. The van der Waals surface area contributed by atoms with Crippen LogP contribution in [0.4, 0.5) is 0 Å². The van der Waals surface area contributed by atoms with E-state index in [1.807, 2.05) is 36.5 Å². The van der Waals surface area contributed by atoms with Crippen molar-refractivity contribution in [1.29, 1.82) is 0 Å². The number of hydrogen-bond donors (Lipinski definition) is 1. The lowest BCUT2D eigenvalue weighted by atomic mass is 9.91. The fourth-order valence-corrected chi connectivity index (χ4v) is 4.52. The molecule has 0 aliphatic carbocycles. The molecule has 2 heterocycles. The Hall–Kier alpha value is -3.32. The molecule has 1 N–H and O–H groups in total. The Morgan fingerprint density at radius 3 is 2.25 bits per heavy atom. The third-order valence-corrected chi connectivity index (χ3v) is 6.17. The zero-order valence-corrected chi connectivity index (χ0v) is 18.6. The number of methoxy groups -OCH3 is 3. The van der Waals surface area contributed by atoms with E-state index in [1.54, 1.807) is 21.3 Å². The lowest BCUT2D eigenvalue weighted by Gasteiger charge is -2.37. The van der Waals surface area contributed by atoms with Crippen LogP contribution in [0.2, 0.25) is 0 Å². The van der Waals surface area contributed by atoms with Gasteiger partial charge >= 0.3 is 5.97 Å². The molecule has 1 atom stereocenters. The number of likely N-dealkylation sites (tertiary alicyclic amines) is 1. The summed E-state index contributed by atoms with van der Waals surface area (Å²) < 4.78 is 16.7. The second-order valence-electron chi connectivity index (χ2n) is 7.97. The van der Waals surface area contributed by atoms with Crippen LogP contribution in [0.3, 0.4) is 0 Å². The number of carboxylic acids is 1. The molecule has 1 aromatic heterocycles. The van der Waals surface area contributed by atoms with E-state index in [1.165, 1.54) is 0 Å². The number of hydrogen-bond acceptors (Lipinski definition) is 6. The quantitative estimate of drug-likeness (QED) is 0.596. The maximum absolute atomic E-state index is 11.5. The molecular weight excluding hydrogens is 408 g/mol. The molecule has 4 rings (SSSR count). The summed E-state index contributed by atoms with van der Waals surface area (Å²) in [5.41, 5.74) is 2.95. The number of carboxylic acid groups (broad SMARTS) is 1. The standard InChI is InChI=1S/C25H28N2O5/c1-30-21-13-18(14-22(31-2)24(21)32-3)23(27-10-8-16(9-11-27)25(28)29)19-12-17-6-4-5-7-20(17)26-15-19/h4-7,12-16,23H,8-11H2,1-3H3,(H,28,29). The fourth-order valence-electron chi connectivity index (χ4n) is 4.52. The minimum atomic E-state index is -0.721. The number of piperidine rings is 1. The molecule has 1 aliphatic rings. The summed E-state index contributed by atoms with van der Waals surface area (Å²) in [4.78, 5) is 18.5. The van der Waals surface area contributed by atoms with Gasteiger partial charge in [-0.15, -0.1) is 0 Å². The van der Waals surface area contributed by atoms with Gasteiger partial charge in [-0.25, -0.2) is 0 Å². The van der Waals surface area contributed by atoms with Gasteiger partial charge in [-0.1, -0.05) is 18.2 Å². The minimum absolute atomic E-state index is 0.129. The fraction of sp³-hybridized carbons (Fsp3) is 0.360. The summed E-state index contributed by atoms with van der Waals surface area (Å²) in [5, 5.41) is 10.5. The SMILES string of the molecule is COc1cc(C(c2cnc3ccccc3c2)N2CCC(C(=O)O)CC2)cc(OC)c1OC. The van der Waals surface area contributed by atoms with Gasteiger partial charge in [0.05, 0.1) is 38.8 Å². The zero-order valence-electron chi connectivity index (χ0n) is 18.6. The Morgan fingerprint density at radius 2 is 1.66 bits per heavy atom. The van der Waals surface area contributed by atoms with Gasteiger partial charge in [0.15, 0.2) is 11.5 Å². The first-order chi connectivity index (χ1) is 15.5. The van der Waals surface area contributed by atoms with Gasteiger partial charge in [-0.05, 0) is 61.3 Å². The molecular formula is C25H28N2O5. The maximum atomic E-state index is 11.5. The number of fused-ring (bicyclic) bond motifs is 1. The van der Waals surface area contributed by atoms with Crippen LogP contribution in [-0.2, 0) is 4.79 Å². The Bertz CT molecular complexity index is 1080. The van der Waals surface area contributed by atoms with Crippen molar-refractivity contribution in [2.75, 3.05) is 34.4 Å². The van der Waals surface area contributed by atoms with Crippen molar-refractivity contribution in [3.63, 3.8) is 0 Å². The maximum Gasteiger partial charge on any atom is 0.306 e. The van der Waals surface area contributed by atoms with Gasteiger partial charge in [0, 0.05) is 11.6 Å². The van der Waals surface area contributed by atoms with E-state index in [0.29, 0.717) is 43.2 Å². The van der Waals surface area contributed by atoms with Gasteiger partial charge in [0.25, 0.3) is 0 Å². The monoisotopic (exact) mass is 436 g/mol. The smallest absolute Gasteiger partial charge is 0.306 e. The highest BCUT2D eigenvalue weighted by atomic mass is 16.5. The number of aromatic nitrogens is 1. The summed E-state index contributed by atoms with van der Waals surface area (Å²) in [6.07, 6.45) is 3.12. The molecule has 0 radical (unpaired) electrons. The first-order valence-electron chi connectivity index (χ1n) is 10.7. The highest BCUT2D eigenvalue weighted by Crippen LogP contribution is 2.43. The number of rotatable bonds is 7. The van der Waals surface area contributed by atoms with Gasteiger partial charge in [-0.2, -0.15) is 0 Å². The van der Waals surface area contributed by atoms with Crippen molar-refractivity contribution < 1.29 is 24.1 Å². The normalized spacial score (nSPS) is 16.0. The molecule has 1 fully saturated rings. The Labute approximate surface area is 187 Å². The van der Waals surface area contributed by atoms with Gasteiger partial charge in [0.2, 0.25) is 5.75 Å². The number of carbonyl (C=O) groups is 1. The molecule has 0 saturated carbocycles. The molecule has 7 nitrogen and oxygen atoms in total. The first-order valence-corrected chi connectivity index (χ1v) is 10.7. The number of para-hydroxylation sites is 1. The number of aliphatic carboxylic acids is 1. The van der Waals surface area contributed by atoms with E-state index in [2.05, 4.69) is 22.0 Å². The van der Waals surface area contributed by atoms with Crippen LogP contribution in [0.15, 0.2) is 48.7 Å². The second kappa shape index (κ2) is 9.44. The van der Waals surface area contributed by atoms with E-state index >= 15 is 0 Å². The summed E-state index contributed by atoms with van der Waals surface area (Å²) in [7, 11) is 4.79. The minimum Gasteiger partial charge on any atom is -0.493 e. The average molecular weight is 437 g/mol. The number of pyridine rings is 1. The molecule has 7 heteroatoms. The Balaban J connectivity index is 1.81. The predicted molar refractivity (Wildman–Crippen MR) is 122 cm³/mol. The molecule has 1 saturated heterocycles. The van der Waals surface area contributed by atoms with Crippen LogP contribution in [0.25, 0.3) is 10.9 Å². The van der Waals surface area contributed by atoms with Gasteiger partial charge in [0.1, 0.15) is 0 Å². The van der Waals surface area contributed by atoms with Crippen molar-refractivity contribution in [3.05, 3.63) is 59.8 Å². The van der Waals surface area contributed by atoms with E-state index in [9.17, 15) is 9.90 Å². The molecule has 0 bridgehead atoms. The molecule has 0 spiro atoms. The molecule has 1 unspecified atom stereocenters. The third kappa shape index (κ3) is 4.21. The van der Waals surface area contributed by atoms with Crippen LogP contribution in [0, 0.1) is 5.92 Å². The molecule has 0 amide bonds. The van der Waals surface area contributed by atoms with Crippen LogP contribution >= 0.6 is 0 Å². The summed E-state index contributed by atoms with van der Waals surface area (Å²) >= 11 is 0. The molecule has 32 heavy (non-hydrogen) atoms. The molecule has 2 aromatic carbocycles. The second-order valence-corrected chi connectivity index (χ2v) is 7.97. The number of nitrogens with zero attached hydrogens (tertiary/aromatic N) is 2. The highest BCUT2D eigenvalue weighted by Gasteiger charge is 2.31. The number of benzene rings is 2. The predicted octanol–water partition coefficient (Wildman–Crippen LogP) is 4.15. The molecule has 1 aliphatic heterocycles.